The van der Waals surface area contributed by atoms with Crippen molar-refractivity contribution in [3.8, 4) is 0 Å². The predicted molar refractivity (Wildman–Crippen MR) is 49.2 cm³/mol. The fraction of sp³-hybridized carbons (Fsp3) is 0.500. The van der Waals surface area contributed by atoms with Gasteiger partial charge < -0.3 is 30.0 Å². The summed E-state index contributed by atoms with van der Waals surface area (Å²) >= 11 is 0. The van der Waals surface area contributed by atoms with Crippen LogP contribution >= 0.6 is 0 Å². The van der Waals surface area contributed by atoms with Gasteiger partial charge in [-0.1, -0.05) is 0 Å². The molecule has 0 aliphatic heterocycles. The smallest absolute Gasteiger partial charge is 0.334 e. The maximum atomic E-state index is 9.50. The summed E-state index contributed by atoms with van der Waals surface area (Å²) in [5, 5.41) is 34.5. The summed E-state index contributed by atoms with van der Waals surface area (Å²) in [7, 11) is 0. The normalized spacial score (nSPS) is 8.00. The van der Waals surface area contributed by atoms with Crippen LogP contribution in [0, 0.1) is 0 Å². The molecule has 0 aromatic rings. The SMILES string of the molecule is O=C([O-])CCC(=O)[O-].[NH3+]C(=O)CO.[NH3+]C(=O)CO. The maximum Gasteiger partial charge on any atom is 0.334 e. The van der Waals surface area contributed by atoms with Crippen LogP contribution in [0.4, 0.5) is 0 Å². The van der Waals surface area contributed by atoms with Crippen molar-refractivity contribution in [3.05, 3.63) is 0 Å². The quantitative estimate of drug-likeness (QED) is 0.375. The molecule has 0 radical (unpaired) electrons. The summed E-state index contributed by atoms with van der Waals surface area (Å²) in [4.78, 5) is 37.9. The molecular weight excluding hydrogens is 252 g/mol. The molecule has 0 unspecified atom stereocenters. The lowest BCUT2D eigenvalue weighted by Crippen LogP contribution is -2.58. The van der Waals surface area contributed by atoms with E-state index < -0.39 is 49.8 Å². The van der Waals surface area contributed by atoms with Crippen LogP contribution in [0.2, 0.25) is 0 Å². The summed E-state index contributed by atoms with van der Waals surface area (Å²) in [6, 6.07) is 0. The molecule has 0 rings (SSSR count). The third-order valence-electron chi connectivity index (χ3n) is 0.886. The van der Waals surface area contributed by atoms with Crippen molar-refractivity contribution in [1.29, 1.82) is 0 Å². The third-order valence-corrected chi connectivity index (χ3v) is 0.886. The van der Waals surface area contributed by atoms with E-state index in [9.17, 15) is 29.4 Å². The second-order valence-electron chi connectivity index (χ2n) is 2.64. The Hall–Kier alpha value is -1.88. The summed E-state index contributed by atoms with van der Waals surface area (Å²) in [6.07, 6.45) is -0.940. The van der Waals surface area contributed by atoms with Crippen molar-refractivity contribution < 1.29 is 51.1 Å². The molecule has 0 saturated carbocycles. The van der Waals surface area contributed by atoms with E-state index in [1.54, 1.807) is 0 Å². The Morgan fingerprint density at radius 2 is 0.944 bits per heavy atom. The van der Waals surface area contributed by atoms with Crippen LogP contribution in [-0.2, 0) is 19.2 Å². The Kier molecular flexibility index (Phi) is 18.0. The van der Waals surface area contributed by atoms with E-state index in [1.165, 1.54) is 0 Å². The average Bonchev–Trinajstić information content (AvgIpc) is 2.27. The molecule has 0 saturated heterocycles. The highest BCUT2D eigenvalue weighted by Gasteiger charge is 1.86. The first-order valence-corrected chi connectivity index (χ1v) is 4.48. The molecule has 0 fully saturated rings. The van der Waals surface area contributed by atoms with Gasteiger partial charge in [0.15, 0.2) is 13.2 Å². The van der Waals surface area contributed by atoms with Crippen LogP contribution < -0.4 is 21.7 Å². The summed E-state index contributed by atoms with van der Waals surface area (Å²) in [5.74, 6) is -3.61. The van der Waals surface area contributed by atoms with Gasteiger partial charge in [-0.3, -0.25) is 11.5 Å². The molecule has 2 amide bonds. The lowest BCUT2D eigenvalue weighted by molar-refractivity contribution is -0.315. The number of carbonyl (C=O) groups is 4. The number of carbonyl (C=O) groups excluding carboxylic acids is 4. The molecule has 8 N–H and O–H groups in total. The number of aliphatic hydroxyl groups is 2. The molecule has 10 heteroatoms. The number of aliphatic hydroxyl groups excluding tert-OH is 2. The minimum atomic E-state index is -1.37. The lowest BCUT2D eigenvalue weighted by Gasteiger charge is -2.00. The number of carboxylic acid groups (broad SMARTS) is 2. The summed E-state index contributed by atoms with van der Waals surface area (Å²) < 4.78 is 0. The molecule has 0 spiro atoms. The molecule has 0 bridgehead atoms. The Bertz CT molecular complexity index is 250. The van der Waals surface area contributed by atoms with E-state index in [2.05, 4.69) is 11.5 Å². The van der Waals surface area contributed by atoms with Gasteiger partial charge in [0, 0.05) is 11.9 Å². The van der Waals surface area contributed by atoms with Crippen LogP contribution in [-0.4, -0.2) is 47.2 Å². The summed E-state index contributed by atoms with van der Waals surface area (Å²) in [5.41, 5.74) is 5.74. The van der Waals surface area contributed by atoms with E-state index in [0.717, 1.165) is 0 Å². The Labute approximate surface area is 102 Å². The van der Waals surface area contributed by atoms with Crippen LogP contribution in [0.3, 0.4) is 0 Å². The minimum Gasteiger partial charge on any atom is -0.550 e. The largest absolute Gasteiger partial charge is 0.550 e. The molecule has 18 heavy (non-hydrogen) atoms. The monoisotopic (exact) mass is 268 g/mol. The van der Waals surface area contributed by atoms with Crippen LogP contribution in [0.5, 0.6) is 0 Å². The van der Waals surface area contributed by atoms with Crippen molar-refractivity contribution in [2.75, 3.05) is 13.2 Å². The molecular formula is C8H16N2O8. The van der Waals surface area contributed by atoms with Crippen molar-refractivity contribution in [1.82, 2.24) is 0 Å². The number of rotatable bonds is 5. The first-order valence-electron chi connectivity index (χ1n) is 4.48. The van der Waals surface area contributed by atoms with Crippen LogP contribution in [0.1, 0.15) is 12.8 Å². The topological polar surface area (TPSA) is 210 Å². The number of hydrogen-bond acceptors (Lipinski definition) is 8. The zero-order chi connectivity index (χ0) is 15.1. The zero-order valence-corrected chi connectivity index (χ0v) is 9.59. The Balaban J connectivity index is -0.000000197. The summed E-state index contributed by atoms with van der Waals surface area (Å²) in [6.45, 7) is -0.889. The van der Waals surface area contributed by atoms with Crippen molar-refractivity contribution >= 4 is 23.8 Å². The molecule has 0 heterocycles. The van der Waals surface area contributed by atoms with Gasteiger partial charge in [0.1, 0.15) is 0 Å². The van der Waals surface area contributed by atoms with E-state index >= 15 is 0 Å². The fourth-order valence-electron chi connectivity index (χ4n) is 0.204. The van der Waals surface area contributed by atoms with Gasteiger partial charge in [-0.2, -0.15) is 0 Å². The minimum absolute atomic E-state index is 0.440. The van der Waals surface area contributed by atoms with E-state index in [4.69, 9.17) is 10.2 Å². The number of quaternary nitrogens is 2. The molecule has 0 aromatic carbocycles. The highest BCUT2D eigenvalue weighted by molar-refractivity contribution is 5.72. The molecule has 0 aromatic heterocycles. The van der Waals surface area contributed by atoms with E-state index in [-0.39, 0.29) is 0 Å². The second kappa shape index (κ2) is 15.1. The maximum absolute atomic E-state index is 9.50. The highest BCUT2D eigenvalue weighted by Crippen LogP contribution is 1.81. The standard InChI is InChI=1S/C4H6O4.2C2H5NO2/c5-3(6)1-2-4(7)8;2*3-2(5)1-4/h1-2H2,(H,5,6)(H,7,8);2*4H,1H2,(H2,3,5). The number of amides is 2. The first-order chi connectivity index (χ1) is 8.17. The van der Waals surface area contributed by atoms with E-state index in [1.807, 2.05) is 0 Å². The van der Waals surface area contributed by atoms with Gasteiger partial charge in [0.2, 0.25) is 0 Å². The number of aliphatic carboxylic acids is 2. The Morgan fingerprint density at radius 3 is 1.00 bits per heavy atom. The van der Waals surface area contributed by atoms with Gasteiger partial charge in [-0.25, -0.2) is 9.59 Å². The second-order valence-corrected chi connectivity index (χ2v) is 2.64. The van der Waals surface area contributed by atoms with Gasteiger partial charge in [-0.05, 0) is 12.8 Å². The molecule has 106 valence electrons. The average molecular weight is 268 g/mol. The molecule has 0 atom stereocenters. The lowest BCUT2D eigenvalue weighted by atomic mass is 10.3. The first kappa shape index (κ1) is 21.4. The molecule has 10 nitrogen and oxygen atoms in total. The van der Waals surface area contributed by atoms with Crippen molar-refractivity contribution in [3.63, 3.8) is 0 Å². The molecule has 0 aliphatic rings. The number of hydrogen-bond donors (Lipinski definition) is 4. The van der Waals surface area contributed by atoms with Crippen molar-refractivity contribution in [2.45, 2.75) is 12.8 Å². The number of carboxylic acids is 2. The van der Waals surface area contributed by atoms with Crippen LogP contribution in [0.15, 0.2) is 0 Å². The van der Waals surface area contributed by atoms with Gasteiger partial charge in [0.05, 0.1) is 0 Å². The van der Waals surface area contributed by atoms with E-state index in [0.29, 0.717) is 0 Å². The van der Waals surface area contributed by atoms with Crippen molar-refractivity contribution in [2.24, 2.45) is 0 Å². The van der Waals surface area contributed by atoms with Crippen LogP contribution in [0.25, 0.3) is 0 Å². The van der Waals surface area contributed by atoms with Gasteiger partial charge in [-0.15, -0.1) is 0 Å². The van der Waals surface area contributed by atoms with Gasteiger partial charge >= 0.3 is 11.8 Å². The third kappa shape index (κ3) is 47.9. The predicted octanol–water partition coefficient (Wildman–Crippen LogP) is -7.24. The Morgan fingerprint density at radius 1 is 0.778 bits per heavy atom. The molecule has 0 aliphatic carbocycles. The van der Waals surface area contributed by atoms with Gasteiger partial charge in [0.25, 0.3) is 0 Å². The fourth-order valence-corrected chi connectivity index (χ4v) is 0.204. The highest BCUT2D eigenvalue weighted by atomic mass is 16.4. The zero-order valence-electron chi connectivity index (χ0n) is 9.59.